The first-order valence-corrected chi connectivity index (χ1v) is 5.58. The molecule has 0 bridgehead atoms. The van der Waals surface area contributed by atoms with Crippen molar-refractivity contribution in [3.8, 4) is 0 Å². The smallest absolute Gasteiger partial charge is 0.312 e. The molecule has 3 aliphatic rings. The van der Waals surface area contributed by atoms with E-state index >= 15 is 0 Å². The minimum absolute atomic E-state index is 0.0127. The monoisotopic (exact) mass is 196 g/mol. The Labute approximate surface area is 83.4 Å². The normalized spacial score (nSPS) is 50.4. The van der Waals surface area contributed by atoms with Crippen molar-refractivity contribution in [3.05, 3.63) is 0 Å². The molecule has 1 saturated heterocycles. The highest BCUT2D eigenvalue weighted by molar-refractivity contribution is 5.78. The van der Waals surface area contributed by atoms with Crippen molar-refractivity contribution in [2.75, 3.05) is 6.61 Å². The van der Waals surface area contributed by atoms with Crippen LogP contribution in [0.25, 0.3) is 0 Å². The lowest BCUT2D eigenvalue weighted by molar-refractivity contribution is -0.151. The van der Waals surface area contributed by atoms with Crippen molar-refractivity contribution < 1.29 is 14.6 Å². The number of ether oxygens (including phenoxy) is 1. The molecule has 14 heavy (non-hydrogen) atoms. The van der Waals surface area contributed by atoms with Crippen LogP contribution in [0.1, 0.15) is 38.5 Å². The Kier molecular flexibility index (Phi) is 1.56. The lowest BCUT2D eigenvalue weighted by Crippen LogP contribution is -2.39. The predicted octanol–water partition coefficient (Wildman–Crippen LogP) is 1.24. The zero-order chi connectivity index (χ0) is 9.81. The molecule has 0 aromatic heterocycles. The summed E-state index contributed by atoms with van der Waals surface area (Å²) in [5.41, 5.74) is -0.156. The highest BCUT2D eigenvalue weighted by Crippen LogP contribution is 2.66. The van der Waals surface area contributed by atoms with E-state index in [2.05, 4.69) is 0 Å². The summed E-state index contributed by atoms with van der Waals surface area (Å²) in [7, 11) is 0. The molecule has 0 spiro atoms. The standard InChI is InChI=1S/C11H16O3/c12-7-8-9(13)14-11-5-1-3-10(8,11)4-2-6-11/h8,12H,1-7H2. The molecule has 2 aliphatic carbocycles. The SMILES string of the molecule is O=C1OC23CCCC2(CCC3)C1CO. The average Bonchev–Trinajstić information content (AvgIpc) is 2.64. The summed E-state index contributed by atoms with van der Waals surface area (Å²) in [6.45, 7) is -0.0272. The molecular formula is C11H16O3. The molecule has 0 aromatic carbocycles. The summed E-state index contributed by atoms with van der Waals surface area (Å²) < 4.78 is 5.59. The van der Waals surface area contributed by atoms with Crippen molar-refractivity contribution in [1.29, 1.82) is 0 Å². The minimum atomic E-state index is -0.229. The van der Waals surface area contributed by atoms with Crippen LogP contribution in [0.2, 0.25) is 0 Å². The Bertz CT molecular complexity index is 274. The number of rotatable bonds is 1. The lowest BCUT2D eigenvalue weighted by Gasteiger charge is -2.33. The average molecular weight is 196 g/mol. The second-order valence-electron chi connectivity index (χ2n) is 5.01. The molecule has 0 aromatic rings. The van der Waals surface area contributed by atoms with Gasteiger partial charge in [-0.15, -0.1) is 0 Å². The molecular weight excluding hydrogens is 180 g/mol. The number of carbonyl (C=O) groups excluding carboxylic acids is 1. The Hall–Kier alpha value is -0.570. The van der Waals surface area contributed by atoms with Crippen molar-refractivity contribution in [1.82, 2.24) is 0 Å². The minimum Gasteiger partial charge on any atom is -0.458 e. The zero-order valence-corrected chi connectivity index (χ0v) is 8.29. The summed E-state index contributed by atoms with van der Waals surface area (Å²) in [5, 5.41) is 9.32. The Balaban J connectivity index is 2.07. The van der Waals surface area contributed by atoms with Gasteiger partial charge in [0.2, 0.25) is 0 Å². The first kappa shape index (κ1) is 8.72. The van der Waals surface area contributed by atoms with E-state index in [1.54, 1.807) is 0 Å². The number of aliphatic hydroxyl groups is 1. The third kappa shape index (κ3) is 0.724. The van der Waals surface area contributed by atoms with Gasteiger partial charge in [0, 0.05) is 5.41 Å². The molecule has 3 nitrogen and oxygen atoms in total. The van der Waals surface area contributed by atoms with Gasteiger partial charge in [0.1, 0.15) is 5.60 Å². The van der Waals surface area contributed by atoms with E-state index in [1.807, 2.05) is 0 Å². The summed E-state index contributed by atoms with van der Waals surface area (Å²) in [6.07, 6.45) is 6.51. The van der Waals surface area contributed by atoms with Gasteiger partial charge in [0.25, 0.3) is 0 Å². The molecule has 1 aliphatic heterocycles. The molecule has 1 atom stereocenters. The molecule has 0 radical (unpaired) electrons. The molecule has 2 saturated carbocycles. The van der Waals surface area contributed by atoms with Gasteiger partial charge in [-0.25, -0.2) is 0 Å². The van der Waals surface area contributed by atoms with Crippen LogP contribution in [-0.4, -0.2) is 23.3 Å². The van der Waals surface area contributed by atoms with Crippen molar-refractivity contribution in [3.63, 3.8) is 0 Å². The number of aliphatic hydroxyl groups excluding tert-OH is 1. The lowest BCUT2D eigenvalue weighted by atomic mass is 9.70. The maximum Gasteiger partial charge on any atom is 0.312 e. The summed E-state index contributed by atoms with van der Waals surface area (Å²) in [6, 6.07) is 0. The van der Waals surface area contributed by atoms with Crippen LogP contribution in [0.15, 0.2) is 0 Å². The summed E-state index contributed by atoms with van der Waals surface area (Å²) in [5.74, 6) is -0.376. The van der Waals surface area contributed by atoms with Gasteiger partial charge in [0.05, 0.1) is 12.5 Å². The molecule has 78 valence electrons. The molecule has 1 unspecified atom stereocenters. The quantitative estimate of drug-likeness (QED) is 0.642. The fraction of sp³-hybridized carbons (Fsp3) is 0.909. The molecule has 3 fully saturated rings. The van der Waals surface area contributed by atoms with Crippen molar-refractivity contribution in [2.45, 2.75) is 44.1 Å². The van der Waals surface area contributed by atoms with E-state index in [0.29, 0.717) is 0 Å². The largest absolute Gasteiger partial charge is 0.458 e. The molecule has 0 amide bonds. The van der Waals surface area contributed by atoms with Crippen LogP contribution in [-0.2, 0) is 9.53 Å². The number of hydrogen-bond donors (Lipinski definition) is 1. The van der Waals surface area contributed by atoms with E-state index < -0.39 is 0 Å². The Morgan fingerprint density at radius 1 is 1.29 bits per heavy atom. The molecule has 1 heterocycles. The fourth-order valence-electron chi connectivity index (χ4n) is 4.19. The first-order valence-electron chi connectivity index (χ1n) is 5.58. The third-order valence-electron chi connectivity index (χ3n) is 4.74. The van der Waals surface area contributed by atoms with Crippen molar-refractivity contribution >= 4 is 5.97 Å². The maximum atomic E-state index is 11.6. The molecule has 3 rings (SSSR count). The van der Waals surface area contributed by atoms with Crippen LogP contribution in [0.5, 0.6) is 0 Å². The van der Waals surface area contributed by atoms with E-state index in [0.717, 1.165) is 38.5 Å². The number of hydrogen-bond acceptors (Lipinski definition) is 3. The highest BCUT2D eigenvalue weighted by Gasteiger charge is 2.69. The van der Waals surface area contributed by atoms with Gasteiger partial charge in [-0.1, -0.05) is 0 Å². The van der Waals surface area contributed by atoms with Gasteiger partial charge in [0.15, 0.2) is 0 Å². The van der Waals surface area contributed by atoms with Gasteiger partial charge in [-0.3, -0.25) is 4.79 Å². The van der Waals surface area contributed by atoms with E-state index in [1.165, 1.54) is 0 Å². The number of carbonyl (C=O) groups is 1. The van der Waals surface area contributed by atoms with Gasteiger partial charge < -0.3 is 9.84 Å². The second kappa shape index (κ2) is 2.51. The maximum absolute atomic E-state index is 11.6. The van der Waals surface area contributed by atoms with E-state index in [9.17, 15) is 9.90 Å². The Morgan fingerprint density at radius 2 is 1.93 bits per heavy atom. The topological polar surface area (TPSA) is 46.5 Å². The van der Waals surface area contributed by atoms with Crippen LogP contribution < -0.4 is 0 Å². The predicted molar refractivity (Wildman–Crippen MR) is 49.5 cm³/mol. The van der Waals surface area contributed by atoms with Crippen LogP contribution in [0, 0.1) is 11.3 Å². The van der Waals surface area contributed by atoms with Gasteiger partial charge in [-0.05, 0) is 38.5 Å². The molecule has 3 heteroatoms. The van der Waals surface area contributed by atoms with Crippen LogP contribution in [0.3, 0.4) is 0 Å². The van der Waals surface area contributed by atoms with Crippen LogP contribution >= 0.6 is 0 Å². The Morgan fingerprint density at radius 3 is 2.50 bits per heavy atom. The number of esters is 1. The van der Waals surface area contributed by atoms with Crippen LogP contribution in [0.4, 0.5) is 0 Å². The van der Waals surface area contributed by atoms with E-state index in [-0.39, 0.29) is 29.5 Å². The highest BCUT2D eigenvalue weighted by atomic mass is 16.6. The molecule has 1 N–H and O–H groups in total. The zero-order valence-electron chi connectivity index (χ0n) is 8.29. The van der Waals surface area contributed by atoms with Gasteiger partial charge >= 0.3 is 5.97 Å². The fourth-order valence-corrected chi connectivity index (χ4v) is 4.19. The van der Waals surface area contributed by atoms with Crippen molar-refractivity contribution in [2.24, 2.45) is 11.3 Å². The third-order valence-corrected chi connectivity index (χ3v) is 4.74. The first-order chi connectivity index (χ1) is 6.74. The summed E-state index contributed by atoms with van der Waals surface area (Å²) >= 11 is 0. The summed E-state index contributed by atoms with van der Waals surface area (Å²) in [4.78, 5) is 11.6. The van der Waals surface area contributed by atoms with E-state index in [4.69, 9.17) is 4.74 Å². The second-order valence-corrected chi connectivity index (χ2v) is 5.01. The van der Waals surface area contributed by atoms with Gasteiger partial charge in [-0.2, -0.15) is 0 Å².